The number of carbonyl (C=O) groups excluding carboxylic acids is 1. The van der Waals surface area contributed by atoms with E-state index in [1.54, 1.807) is 6.07 Å². The van der Waals surface area contributed by atoms with Gasteiger partial charge in [0.2, 0.25) is 0 Å². The molecule has 1 aliphatic heterocycles. The summed E-state index contributed by atoms with van der Waals surface area (Å²) < 4.78 is 5.45. The van der Waals surface area contributed by atoms with Crippen LogP contribution in [0.2, 0.25) is 5.15 Å². The third-order valence-corrected chi connectivity index (χ3v) is 3.66. The van der Waals surface area contributed by atoms with Crippen molar-refractivity contribution >= 4 is 17.5 Å². The second kappa shape index (κ2) is 6.55. The lowest BCUT2D eigenvalue weighted by Crippen LogP contribution is -2.51. The Labute approximate surface area is 124 Å². The van der Waals surface area contributed by atoms with Crippen LogP contribution in [0, 0.1) is 0 Å². The summed E-state index contributed by atoms with van der Waals surface area (Å²) in [6.07, 6.45) is 3.69. The van der Waals surface area contributed by atoms with Crippen molar-refractivity contribution in [3.8, 4) is 0 Å². The molecule has 1 atom stereocenters. The smallest absolute Gasteiger partial charge is 0.251 e. The highest BCUT2D eigenvalue weighted by atomic mass is 35.5. The standard InChI is InChI=1S/C15H21ClN2O2/c1-3-5-12-8-11(9-13(16)17-12)14(19)18-15(2)6-4-7-20-10-15/h8-9H,3-7,10H2,1-2H3,(H,18,19). The number of carbonyl (C=O) groups is 1. The van der Waals surface area contributed by atoms with Gasteiger partial charge in [0.1, 0.15) is 5.15 Å². The third kappa shape index (κ3) is 3.93. The summed E-state index contributed by atoms with van der Waals surface area (Å²) >= 11 is 5.99. The highest BCUT2D eigenvalue weighted by molar-refractivity contribution is 6.29. The van der Waals surface area contributed by atoms with Gasteiger partial charge in [0.25, 0.3) is 5.91 Å². The summed E-state index contributed by atoms with van der Waals surface area (Å²) in [4.78, 5) is 16.6. The van der Waals surface area contributed by atoms with E-state index in [2.05, 4.69) is 17.2 Å². The van der Waals surface area contributed by atoms with E-state index in [0.29, 0.717) is 17.3 Å². The number of halogens is 1. The van der Waals surface area contributed by atoms with Gasteiger partial charge in [0.15, 0.2) is 0 Å². The van der Waals surface area contributed by atoms with Gasteiger partial charge in [-0.2, -0.15) is 0 Å². The molecule has 1 aromatic heterocycles. The Hall–Kier alpha value is -1.13. The molecule has 4 nitrogen and oxygen atoms in total. The minimum atomic E-state index is -0.296. The van der Waals surface area contributed by atoms with E-state index >= 15 is 0 Å². The monoisotopic (exact) mass is 296 g/mol. The maximum Gasteiger partial charge on any atom is 0.251 e. The van der Waals surface area contributed by atoms with Crippen LogP contribution in [0.25, 0.3) is 0 Å². The van der Waals surface area contributed by atoms with Crippen molar-refractivity contribution in [2.75, 3.05) is 13.2 Å². The number of ether oxygens (including phenoxy) is 1. The molecule has 2 rings (SSSR count). The molecular formula is C15H21ClN2O2. The topological polar surface area (TPSA) is 51.2 Å². The van der Waals surface area contributed by atoms with E-state index in [1.807, 2.05) is 13.0 Å². The summed E-state index contributed by atoms with van der Waals surface area (Å²) in [7, 11) is 0. The maximum absolute atomic E-state index is 12.4. The van der Waals surface area contributed by atoms with Crippen molar-refractivity contribution in [1.29, 1.82) is 0 Å². The highest BCUT2D eigenvalue weighted by Crippen LogP contribution is 2.20. The van der Waals surface area contributed by atoms with Crippen molar-refractivity contribution in [1.82, 2.24) is 10.3 Å². The number of hydrogen-bond acceptors (Lipinski definition) is 3. The number of nitrogens with one attached hydrogen (secondary N) is 1. The van der Waals surface area contributed by atoms with Gasteiger partial charge in [-0.05, 0) is 38.3 Å². The van der Waals surface area contributed by atoms with Crippen LogP contribution in [-0.2, 0) is 11.2 Å². The Morgan fingerprint density at radius 3 is 3.00 bits per heavy atom. The van der Waals surface area contributed by atoms with Crippen molar-refractivity contribution in [3.63, 3.8) is 0 Å². The van der Waals surface area contributed by atoms with Crippen LogP contribution in [0.4, 0.5) is 0 Å². The number of amides is 1. The maximum atomic E-state index is 12.4. The molecule has 0 aromatic carbocycles. The molecule has 1 aromatic rings. The molecule has 110 valence electrons. The SMILES string of the molecule is CCCc1cc(C(=O)NC2(C)CCCOC2)cc(Cl)n1. The summed E-state index contributed by atoms with van der Waals surface area (Å²) in [6, 6.07) is 3.43. The zero-order valence-electron chi connectivity index (χ0n) is 12.0. The van der Waals surface area contributed by atoms with Crippen LogP contribution in [0.3, 0.4) is 0 Å². The van der Waals surface area contributed by atoms with Crippen LogP contribution < -0.4 is 5.32 Å². The van der Waals surface area contributed by atoms with Gasteiger partial charge in [-0.3, -0.25) is 4.79 Å². The number of rotatable bonds is 4. The molecule has 2 heterocycles. The van der Waals surface area contributed by atoms with Gasteiger partial charge >= 0.3 is 0 Å². The molecule has 1 N–H and O–H groups in total. The normalized spacial score (nSPS) is 22.6. The second-order valence-electron chi connectivity index (χ2n) is 5.59. The lowest BCUT2D eigenvalue weighted by Gasteiger charge is -2.34. The summed E-state index contributed by atoms with van der Waals surface area (Å²) in [5, 5.41) is 3.42. The summed E-state index contributed by atoms with van der Waals surface area (Å²) in [5.74, 6) is -0.111. The first-order valence-electron chi connectivity index (χ1n) is 7.09. The van der Waals surface area contributed by atoms with Crippen molar-refractivity contribution in [2.24, 2.45) is 0 Å². The highest BCUT2D eigenvalue weighted by Gasteiger charge is 2.29. The molecule has 0 aliphatic carbocycles. The Morgan fingerprint density at radius 2 is 2.35 bits per heavy atom. The molecule has 0 radical (unpaired) electrons. The van der Waals surface area contributed by atoms with Crippen LogP contribution in [-0.4, -0.2) is 29.6 Å². The second-order valence-corrected chi connectivity index (χ2v) is 5.98. The van der Waals surface area contributed by atoms with E-state index in [0.717, 1.165) is 38.0 Å². The zero-order valence-corrected chi connectivity index (χ0v) is 12.8. The average Bonchev–Trinajstić information content (AvgIpc) is 2.38. The molecular weight excluding hydrogens is 276 g/mol. The lowest BCUT2D eigenvalue weighted by molar-refractivity contribution is 0.0272. The number of pyridine rings is 1. The van der Waals surface area contributed by atoms with E-state index in [1.165, 1.54) is 0 Å². The fourth-order valence-electron chi connectivity index (χ4n) is 2.45. The third-order valence-electron chi connectivity index (χ3n) is 3.47. The van der Waals surface area contributed by atoms with Crippen molar-refractivity contribution in [2.45, 2.75) is 45.1 Å². The van der Waals surface area contributed by atoms with E-state index in [9.17, 15) is 4.79 Å². The Morgan fingerprint density at radius 1 is 1.55 bits per heavy atom. The first kappa shape index (κ1) is 15.3. The fraction of sp³-hybridized carbons (Fsp3) is 0.600. The van der Waals surface area contributed by atoms with E-state index < -0.39 is 0 Å². The molecule has 0 spiro atoms. The Bertz CT molecular complexity index is 485. The number of nitrogens with zero attached hydrogens (tertiary/aromatic N) is 1. The largest absolute Gasteiger partial charge is 0.379 e. The zero-order chi connectivity index (χ0) is 14.6. The molecule has 0 bridgehead atoms. The first-order chi connectivity index (χ1) is 9.52. The molecule has 20 heavy (non-hydrogen) atoms. The van der Waals surface area contributed by atoms with Crippen molar-refractivity contribution in [3.05, 3.63) is 28.5 Å². The Kier molecular flexibility index (Phi) is 5.00. The molecule has 0 saturated carbocycles. The van der Waals surface area contributed by atoms with Crippen LogP contribution >= 0.6 is 11.6 Å². The van der Waals surface area contributed by atoms with Gasteiger partial charge < -0.3 is 10.1 Å². The van der Waals surface area contributed by atoms with E-state index in [-0.39, 0.29) is 11.4 Å². The van der Waals surface area contributed by atoms with Crippen molar-refractivity contribution < 1.29 is 9.53 Å². The number of aryl methyl sites for hydroxylation is 1. The molecule has 1 unspecified atom stereocenters. The van der Waals surface area contributed by atoms with Gasteiger partial charge in [-0.15, -0.1) is 0 Å². The van der Waals surface area contributed by atoms with Crippen LogP contribution in [0.5, 0.6) is 0 Å². The van der Waals surface area contributed by atoms with Gasteiger partial charge in [0, 0.05) is 17.9 Å². The van der Waals surface area contributed by atoms with Crippen LogP contribution in [0.15, 0.2) is 12.1 Å². The molecule has 1 amide bonds. The summed E-state index contributed by atoms with van der Waals surface area (Å²) in [5.41, 5.74) is 1.13. The predicted molar refractivity (Wildman–Crippen MR) is 79.2 cm³/mol. The molecule has 1 fully saturated rings. The number of aromatic nitrogens is 1. The predicted octanol–water partition coefficient (Wildman–Crippen LogP) is 2.99. The quantitative estimate of drug-likeness (QED) is 0.869. The molecule has 5 heteroatoms. The molecule has 1 aliphatic rings. The first-order valence-corrected chi connectivity index (χ1v) is 7.47. The molecule has 1 saturated heterocycles. The lowest BCUT2D eigenvalue weighted by atomic mass is 9.94. The minimum absolute atomic E-state index is 0.111. The van der Waals surface area contributed by atoms with Gasteiger partial charge in [0.05, 0.1) is 12.1 Å². The minimum Gasteiger partial charge on any atom is -0.379 e. The summed E-state index contributed by atoms with van der Waals surface area (Å²) in [6.45, 7) is 5.41. The van der Waals surface area contributed by atoms with E-state index in [4.69, 9.17) is 16.3 Å². The van der Waals surface area contributed by atoms with Gasteiger partial charge in [-0.25, -0.2) is 4.98 Å². The fourth-order valence-corrected chi connectivity index (χ4v) is 2.67. The van der Waals surface area contributed by atoms with Crippen LogP contribution in [0.1, 0.15) is 49.2 Å². The number of hydrogen-bond donors (Lipinski definition) is 1. The van der Waals surface area contributed by atoms with Gasteiger partial charge in [-0.1, -0.05) is 24.9 Å². The Balaban J connectivity index is 2.12. The average molecular weight is 297 g/mol.